The molecule has 1 atom stereocenters. The third-order valence-electron chi connectivity index (χ3n) is 4.02. The lowest BCUT2D eigenvalue weighted by atomic mass is 10.2. The van der Waals surface area contributed by atoms with Gasteiger partial charge >= 0.3 is 0 Å². The van der Waals surface area contributed by atoms with E-state index in [9.17, 15) is 0 Å². The zero-order chi connectivity index (χ0) is 18.2. The van der Waals surface area contributed by atoms with Crippen molar-refractivity contribution < 1.29 is 8.83 Å². The van der Waals surface area contributed by atoms with Crippen LogP contribution in [0.25, 0.3) is 33.1 Å². The molecule has 7 nitrogen and oxygen atoms in total. The Morgan fingerprint density at radius 2 is 1.89 bits per heavy atom. The topological polar surface area (TPSA) is 93.6 Å². The van der Waals surface area contributed by atoms with Gasteiger partial charge in [0.1, 0.15) is 0 Å². The number of aromatic nitrogens is 5. The third kappa shape index (κ3) is 3.04. The smallest absolute Gasteiger partial charge is 0.277 e. The van der Waals surface area contributed by atoms with Crippen LogP contribution in [0.15, 0.2) is 62.0 Å². The molecule has 0 saturated heterocycles. The fraction of sp³-hybridized carbons (Fsp3) is 0.111. The molecule has 27 heavy (non-hydrogen) atoms. The van der Waals surface area contributed by atoms with Crippen LogP contribution in [-0.2, 0) is 0 Å². The summed E-state index contributed by atoms with van der Waals surface area (Å²) in [6, 6.07) is 11.9. The Bertz CT molecular complexity index is 1190. The summed E-state index contributed by atoms with van der Waals surface area (Å²) >= 11 is 2.95. The summed E-state index contributed by atoms with van der Waals surface area (Å²) in [5, 5.41) is 19.9. The van der Waals surface area contributed by atoms with E-state index in [1.807, 2.05) is 54.9 Å². The first-order valence-corrected chi connectivity index (χ1v) is 9.98. The summed E-state index contributed by atoms with van der Waals surface area (Å²) in [4.78, 5) is 4.16. The number of rotatable bonds is 5. The largest absolute Gasteiger partial charge is 0.419 e. The Hall–Kier alpha value is -2.91. The van der Waals surface area contributed by atoms with Crippen molar-refractivity contribution in [1.82, 2.24) is 25.4 Å². The molecule has 0 amide bonds. The number of para-hydroxylation sites is 1. The van der Waals surface area contributed by atoms with Crippen molar-refractivity contribution in [2.45, 2.75) is 17.4 Å². The number of benzene rings is 1. The molecule has 4 heterocycles. The van der Waals surface area contributed by atoms with Gasteiger partial charge in [-0.1, -0.05) is 36.0 Å². The van der Waals surface area contributed by atoms with Gasteiger partial charge in [-0.05, 0) is 24.4 Å². The Kier molecular flexibility index (Phi) is 4.02. The lowest BCUT2D eigenvalue weighted by Crippen LogP contribution is -1.88. The first-order valence-electron chi connectivity index (χ1n) is 8.22. The average molecular weight is 395 g/mol. The van der Waals surface area contributed by atoms with Gasteiger partial charge in [0, 0.05) is 17.1 Å². The van der Waals surface area contributed by atoms with E-state index in [-0.39, 0.29) is 5.25 Å². The zero-order valence-electron chi connectivity index (χ0n) is 14.1. The maximum atomic E-state index is 5.84. The van der Waals surface area contributed by atoms with Gasteiger partial charge in [-0.15, -0.1) is 31.7 Å². The van der Waals surface area contributed by atoms with Gasteiger partial charge in [-0.2, -0.15) is 0 Å². The van der Waals surface area contributed by atoms with Crippen LogP contribution in [0.5, 0.6) is 0 Å². The molecule has 0 fully saturated rings. The van der Waals surface area contributed by atoms with Gasteiger partial charge in [0.2, 0.25) is 5.89 Å². The average Bonchev–Trinajstić information content (AvgIpc) is 3.46. The van der Waals surface area contributed by atoms with Gasteiger partial charge in [0.15, 0.2) is 0 Å². The molecule has 0 radical (unpaired) electrons. The van der Waals surface area contributed by atoms with Gasteiger partial charge in [-0.25, -0.2) is 0 Å². The van der Waals surface area contributed by atoms with Crippen LogP contribution in [0.2, 0.25) is 0 Å². The minimum Gasteiger partial charge on any atom is -0.419 e. The van der Waals surface area contributed by atoms with Crippen molar-refractivity contribution in [1.29, 1.82) is 0 Å². The van der Waals surface area contributed by atoms with Crippen molar-refractivity contribution in [3.63, 3.8) is 0 Å². The second kappa shape index (κ2) is 6.67. The van der Waals surface area contributed by atoms with E-state index in [0.29, 0.717) is 22.9 Å². The number of H-pyrrole nitrogens is 1. The predicted molar refractivity (Wildman–Crippen MR) is 103 cm³/mol. The summed E-state index contributed by atoms with van der Waals surface area (Å²) in [5.74, 6) is 1.53. The van der Waals surface area contributed by atoms with Crippen LogP contribution >= 0.6 is 23.1 Å². The SMILES string of the molecule is C[C@H](Sc1nnc(-c2c[nH]c3ccccc23)o1)c1nnc(-c2cccs2)o1. The predicted octanol–water partition coefficient (Wildman–Crippen LogP) is 5.18. The quantitative estimate of drug-likeness (QED) is 0.410. The van der Waals surface area contributed by atoms with E-state index in [2.05, 4.69) is 25.4 Å². The Morgan fingerprint density at radius 1 is 1.00 bits per heavy atom. The lowest BCUT2D eigenvalue weighted by molar-refractivity contribution is 0.461. The minimum atomic E-state index is -0.109. The molecule has 0 aliphatic carbocycles. The minimum absolute atomic E-state index is 0.109. The monoisotopic (exact) mass is 395 g/mol. The standard InChI is InChI=1S/C18H13N5O2S2/c1-10(15-20-22-17(24-15)14-7-4-8-26-14)27-18-23-21-16(25-18)12-9-19-13-6-3-2-5-11(12)13/h2-10,19H,1H3/t10-/m0/s1. The Balaban J connectivity index is 1.36. The Morgan fingerprint density at radius 3 is 2.78 bits per heavy atom. The molecule has 5 rings (SSSR count). The number of aromatic amines is 1. The third-order valence-corrected chi connectivity index (χ3v) is 5.80. The van der Waals surface area contributed by atoms with Crippen molar-refractivity contribution in [2.24, 2.45) is 0 Å². The van der Waals surface area contributed by atoms with Crippen molar-refractivity contribution in [3.8, 4) is 22.2 Å². The number of nitrogens with one attached hydrogen (secondary N) is 1. The molecule has 9 heteroatoms. The molecule has 0 aliphatic heterocycles. The van der Waals surface area contributed by atoms with Crippen LogP contribution in [0, 0.1) is 0 Å². The van der Waals surface area contributed by atoms with Gasteiger partial charge < -0.3 is 13.8 Å². The van der Waals surface area contributed by atoms with Crippen molar-refractivity contribution in [3.05, 3.63) is 53.9 Å². The van der Waals surface area contributed by atoms with E-state index < -0.39 is 0 Å². The molecule has 0 unspecified atom stereocenters. The van der Waals surface area contributed by atoms with Crippen LogP contribution in [0.3, 0.4) is 0 Å². The van der Waals surface area contributed by atoms with E-state index in [4.69, 9.17) is 8.83 Å². The molecular weight excluding hydrogens is 382 g/mol. The lowest BCUT2D eigenvalue weighted by Gasteiger charge is -2.01. The molecule has 1 N–H and O–H groups in total. The molecule has 0 spiro atoms. The number of fused-ring (bicyclic) bond motifs is 1. The zero-order valence-corrected chi connectivity index (χ0v) is 15.8. The highest BCUT2D eigenvalue weighted by Gasteiger charge is 2.20. The summed E-state index contributed by atoms with van der Waals surface area (Å²) in [7, 11) is 0. The van der Waals surface area contributed by atoms with Crippen LogP contribution in [0.4, 0.5) is 0 Å². The highest BCUT2D eigenvalue weighted by atomic mass is 32.2. The van der Waals surface area contributed by atoms with Crippen LogP contribution < -0.4 is 0 Å². The number of hydrogen-bond acceptors (Lipinski definition) is 8. The summed E-state index contributed by atoms with van der Waals surface area (Å²) in [5.41, 5.74) is 1.91. The number of thioether (sulfide) groups is 1. The van der Waals surface area contributed by atoms with E-state index in [1.165, 1.54) is 11.8 Å². The number of thiophene rings is 1. The molecule has 134 valence electrons. The second-order valence-electron chi connectivity index (χ2n) is 5.80. The first kappa shape index (κ1) is 16.3. The second-order valence-corrected chi connectivity index (χ2v) is 8.04. The van der Waals surface area contributed by atoms with E-state index >= 15 is 0 Å². The molecular formula is C18H13N5O2S2. The van der Waals surface area contributed by atoms with Gasteiger partial charge in [0.25, 0.3) is 17.0 Å². The molecule has 0 aliphatic rings. The summed E-state index contributed by atoms with van der Waals surface area (Å²) in [6.07, 6.45) is 1.88. The molecule has 4 aromatic heterocycles. The van der Waals surface area contributed by atoms with Crippen molar-refractivity contribution >= 4 is 34.0 Å². The van der Waals surface area contributed by atoms with Gasteiger partial charge in [-0.3, -0.25) is 0 Å². The summed E-state index contributed by atoms with van der Waals surface area (Å²) in [6.45, 7) is 1.96. The fourth-order valence-corrected chi connectivity index (χ4v) is 4.07. The van der Waals surface area contributed by atoms with Crippen LogP contribution in [0.1, 0.15) is 18.1 Å². The van der Waals surface area contributed by atoms with E-state index in [0.717, 1.165) is 21.3 Å². The molecule has 0 bridgehead atoms. The van der Waals surface area contributed by atoms with Gasteiger partial charge in [0.05, 0.1) is 15.7 Å². The molecule has 0 saturated carbocycles. The van der Waals surface area contributed by atoms with Crippen LogP contribution in [-0.4, -0.2) is 25.4 Å². The highest BCUT2D eigenvalue weighted by molar-refractivity contribution is 7.99. The maximum absolute atomic E-state index is 5.84. The fourth-order valence-electron chi connectivity index (χ4n) is 2.72. The number of nitrogens with zero attached hydrogens (tertiary/aromatic N) is 4. The molecule has 5 aromatic rings. The Labute approximate surface area is 161 Å². The normalized spacial score (nSPS) is 12.6. The molecule has 1 aromatic carbocycles. The highest BCUT2D eigenvalue weighted by Crippen LogP contribution is 2.37. The summed E-state index contributed by atoms with van der Waals surface area (Å²) < 4.78 is 11.6. The first-order chi connectivity index (χ1) is 13.3. The maximum Gasteiger partial charge on any atom is 0.277 e. The van der Waals surface area contributed by atoms with E-state index in [1.54, 1.807) is 11.3 Å². The number of hydrogen-bond donors (Lipinski definition) is 1. The van der Waals surface area contributed by atoms with Crippen molar-refractivity contribution in [2.75, 3.05) is 0 Å².